The third-order valence-electron chi connectivity index (χ3n) is 3.52. The molecule has 7 nitrogen and oxygen atoms in total. The first-order valence-corrected chi connectivity index (χ1v) is 10.2. The molecule has 1 atom stereocenters. The molecule has 0 fully saturated rings. The first-order chi connectivity index (χ1) is 13.0. The molecule has 28 heavy (non-hydrogen) atoms. The summed E-state index contributed by atoms with van der Waals surface area (Å²) in [4.78, 5) is 11.6. The van der Waals surface area contributed by atoms with E-state index < -0.39 is 15.8 Å². The monoisotopic (exact) mass is 406 g/mol. The molecular weight excluding hydrogens is 384 g/mol. The van der Waals surface area contributed by atoms with E-state index in [1.165, 1.54) is 36.4 Å². The fourth-order valence-corrected chi connectivity index (χ4v) is 2.87. The van der Waals surface area contributed by atoms with Gasteiger partial charge in [0.25, 0.3) is 0 Å². The van der Waals surface area contributed by atoms with Gasteiger partial charge in [-0.1, -0.05) is 6.58 Å². The van der Waals surface area contributed by atoms with E-state index in [9.17, 15) is 18.3 Å². The lowest BCUT2D eigenvalue weighted by Gasteiger charge is -2.17. The van der Waals surface area contributed by atoms with Gasteiger partial charge in [-0.15, -0.1) is 0 Å². The zero-order chi connectivity index (χ0) is 20.9. The number of carboxylic acid groups (broad SMARTS) is 1. The van der Waals surface area contributed by atoms with E-state index >= 15 is 0 Å². The molecule has 150 valence electrons. The van der Waals surface area contributed by atoms with Crippen molar-refractivity contribution in [3.05, 3.63) is 60.4 Å². The van der Waals surface area contributed by atoms with Crippen LogP contribution in [0.4, 0.5) is 0 Å². The summed E-state index contributed by atoms with van der Waals surface area (Å²) < 4.78 is 39.7. The molecule has 0 aliphatic carbocycles. The summed E-state index contributed by atoms with van der Waals surface area (Å²) in [5, 5.41) is 9.32. The molecule has 0 saturated carbocycles. The summed E-state index contributed by atoms with van der Waals surface area (Å²) in [6, 6.07) is 10.1. The molecule has 0 heterocycles. The highest BCUT2D eigenvalue weighted by molar-refractivity contribution is 7.90. The van der Waals surface area contributed by atoms with Crippen LogP contribution in [-0.2, 0) is 14.6 Å². The van der Waals surface area contributed by atoms with Crippen LogP contribution in [0.1, 0.15) is 24.2 Å². The highest BCUT2D eigenvalue weighted by atomic mass is 32.2. The van der Waals surface area contributed by atoms with Gasteiger partial charge in [0.15, 0.2) is 9.84 Å². The van der Waals surface area contributed by atoms with Crippen LogP contribution in [0.5, 0.6) is 17.2 Å². The van der Waals surface area contributed by atoms with Crippen molar-refractivity contribution in [1.82, 2.24) is 0 Å². The number of hydrogen-bond acceptors (Lipinski definition) is 6. The lowest BCUT2D eigenvalue weighted by Crippen LogP contribution is -2.18. The van der Waals surface area contributed by atoms with Crippen LogP contribution in [0.25, 0.3) is 0 Å². The Labute approximate surface area is 164 Å². The van der Waals surface area contributed by atoms with E-state index in [4.69, 9.17) is 14.2 Å². The molecule has 0 aliphatic rings. The number of carbonyl (C=O) groups is 1. The Balaban J connectivity index is 2.22. The van der Waals surface area contributed by atoms with Crippen molar-refractivity contribution >= 4 is 15.8 Å². The minimum absolute atomic E-state index is 0.00623. The Morgan fingerprint density at radius 1 is 1.11 bits per heavy atom. The second kappa shape index (κ2) is 8.79. The summed E-state index contributed by atoms with van der Waals surface area (Å²) in [5.41, 5.74) is -0.00623. The zero-order valence-electron chi connectivity index (χ0n) is 15.8. The van der Waals surface area contributed by atoms with E-state index in [1.807, 2.05) is 0 Å². The van der Waals surface area contributed by atoms with E-state index in [0.717, 1.165) is 6.26 Å². The molecule has 0 radical (unpaired) electrons. The van der Waals surface area contributed by atoms with E-state index in [1.54, 1.807) is 19.9 Å². The fraction of sp³-hybridized carbons (Fsp3) is 0.250. The topological polar surface area (TPSA) is 99.1 Å². The number of hydrogen-bond donors (Lipinski definition) is 1. The maximum Gasteiger partial charge on any atom is 0.335 e. The highest BCUT2D eigenvalue weighted by Gasteiger charge is 2.13. The number of sulfone groups is 1. The molecule has 0 aliphatic heterocycles. The van der Waals surface area contributed by atoms with E-state index in [2.05, 4.69) is 6.58 Å². The van der Waals surface area contributed by atoms with Crippen molar-refractivity contribution in [3.8, 4) is 17.2 Å². The first kappa shape index (κ1) is 21.3. The van der Waals surface area contributed by atoms with Gasteiger partial charge in [-0.3, -0.25) is 0 Å². The van der Waals surface area contributed by atoms with Crippen LogP contribution in [0, 0.1) is 0 Å². The number of benzene rings is 2. The molecule has 2 aromatic rings. The third kappa shape index (κ3) is 6.31. The minimum Gasteiger partial charge on any atom is -0.495 e. The summed E-state index contributed by atoms with van der Waals surface area (Å²) in [5.74, 6) is 0.333. The maximum absolute atomic E-state index is 11.5. The smallest absolute Gasteiger partial charge is 0.335 e. The van der Waals surface area contributed by atoms with Crippen LogP contribution < -0.4 is 9.47 Å². The molecule has 0 saturated heterocycles. The highest BCUT2D eigenvalue weighted by Crippen LogP contribution is 2.29. The summed E-state index contributed by atoms with van der Waals surface area (Å²) >= 11 is 0. The van der Waals surface area contributed by atoms with Gasteiger partial charge in [0.2, 0.25) is 0 Å². The number of rotatable bonds is 9. The van der Waals surface area contributed by atoms with Gasteiger partial charge >= 0.3 is 5.97 Å². The average Bonchev–Trinajstić information content (AvgIpc) is 2.59. The van der Waals surface area contributed by atoms with Gasteiger partial charge < -0.3 is 19.3 Å². The SMILES string of the molecule is C=C(C)OC[C@H](C)Oc1cc(Oc2ccc(S(C)(=O)=O)cc2)cc(C(=O)O)c1. The molecule has 1 N–H and O–H groups in total. The van der Waals surface area contributed by atoms with Crippen LogP contribution in [0.15, 0.2) is 59.7 Å². The molecule has 2 aromatic carbocycles. The lowest BCUT2D eigenvalue weighted by molar-refractivity contribution is 0.0694. The normalized spacial score (nSPS) is 12.1. The number of aromatic carboxylic acids is 1. The first-order valence-electron chi connectivity index (χ1n) is 8.36. The fourth-order valence-electron chi connectivity index (χ4n) is 2.24. The molecule has 2 rings (SSSR count). The van der Waals surface area contributed by atoms with Crippen molar-refractivity contribution in [1.29, 1.82) is 0 Å². The quantitative estimate of drug-likeness (QED) is 0.631. The Hall–Kier alpha value is -3.00. The molecule has 0 aromatic heterocycles. The number of ether oxygens (including phenoxy) is 3. The molecule has 0 amide bonds. The minimum atomic E-state index is -3.31. The summed E-state index contributed by atoms with van der Waals surface area (Å²) in [7, 11) is -3.31. The predicted octanol–water partition coefficient (Wildman–Crippen LogP) is 3.90. The van der Waals surface area contributed by atoms with Gasteiger partial charge in [0.05, 0.1) is 16.2 Å². The van der Waals surface area contributed by atoms with Crippen LogP contribution in [0.2, 0.25) is 0 Å². The van der Waals surface area contributed by atoms with Gasteiger partial charge in [-0.05, 0) is 50.2 Å². The Morgan fingerprint density at radius 2 is 1.71 bits per heavy atom. The van der Waals surface area contributed by atoms with Crippen LogP contribution >= 0.6 is 0 Å². The summed E-state index contributed by atoms with van der Waals surface area (Å²) in [6.07, 6.45) is 0.768. The van der Waals surface area contributed by atoms with Crippen molar-refractivity contribution in [2.75, 3.05) is 12.9 Å². The van der Waals surface area contributed by atoms with E-state index in [0.29, 0.717) is 17.3 Å². The standard InChI is InChI=1S/C20H22O7S/c1-13(2)25-12-14(3)26-17-9-15(20(21)22)10-18(11-17)27-16-5-7-19(8-6-16)28(4,23)24/h5-11,14H,1,12H2,2-4H3,(H,21,22)/t14-/m0/s1. The Kier molecular flexibility index (Phi) is 6.69. The summed E-state index contributed by atoms with van der Waals surface area (Å²) in [6.45, 7) is 7.40. The molecular formula is C20H22O7S. The van der Waals surface area contributed by atoms with Crippen molar-refractivity contribution < 1.29 is 32.5 Å². The predicted molar refractivity (Wildman–Crippen MR) is 104 cm³/mol. The van der Waals surface area contributed by atoms with Gasteiger partial charge in [0, 0.05) is 12.3 Å². The zero-order valence-corrected chi connectivity index (χ0v) is 16.7. The average molecular weight is 406 g/mol. The van der Waals surface area contributed by atoms with Crippen molar-refractivity contribution in [2.45, 2.75) is 24.8 Å². The second-order valence-corrected chi connectivity index (χ2v) is 8.30. The molecule has 0 unspecified atom stereocenters. The van der Waals surface area contributed by atoms with Gasteiger partial charge in [-0.25, -0.2) is 13.2 Å². The molecule has 0 bridgehead atoms. The number of carboxylic acids is 1. The van der Waals surface area contributed by atoms with Crippen LogP contribution in [-0.4, -0.2) is 38.5 Å². The lowest BCUT2D eigenvalue weighted by atomic mass is 10.2. The van der Waals surface area contributed by atoms with Crippen LogP contribution in [0.3, 0.4) is 0 Å². The third-order valence-corrected chi connectivity index (χ3v) is 4.64. The van der Waals surface area contributed by atoms with Crippen molar-refractivity contribution in [2.24, 2.45) is 0 Å². The Bertz CT molecular complexity index is 963. The number of allylic oxidation sites excluding steroid dienone is 1. The van der Waals surface area contributed by atoms with E-state index in [-0.39, 0.29) is 28.9 Å². The molecule has 0 spiro atoms. The van der Waals surface area contributed by atoms with Gasteiger partial charge in [0.1, 0.15) is 30.0 Å². The Morgan fingerprint density at radius 3 is 2.25 bits per heavy atom. The van der Waals surface area contributed by atoms with Crippen molar-refractivity contribution in [3.63, 3.8) is 0 Å². The van der Waals surface area contributed by atoms with Gasteiger partial charge in [-0.2, -0.15) is 0 Å². The molecule has 8 heteroatoms. The second-order valence-electron chi connectivity index (χ2n) is 6.29. The largest absolute Gasteiger partial charge is 0.495 e. The maximum atomic E-state index is 11.5.